The average molecular weight is 337 g/mol. The molecule has 114 valence electrons. The van der Waals surface area contributed by atoms with Crippen LogP contribution in [0.4, 0.5) is 5.00 Å². The van der Waals surface area contributed by atoms with E-state index in [1.165, 1.54) is 17.8 Å². The van der Waals surface area contributed by atoms with Crippen molar-refractivity contribution in [3.63, 3.8) is 0 Å². The van der Waals surface area contributed by atoms with Crippen molar-refractivity contribution in [2.75, 3.05) is 18.4 Å². The quantitative estimate of drug-likeness (QED) is 0.931. The lowest BCUT2D eigenvalue weighted by Gasteiger charge is -2.32. The Kier molecular flexibility index (Phi) is 4.32. The minimum Gasteiger partial charge on any atom is -0.459 e. The van der Waals surface area contributed by atoms with Gasteiger partial charge in [0, 0.05) is 19.1 Å². The van der Waals surface area contributed by atoms with Gasteiger partial charge in [-0.05, 0) is 36.5 Å². The van der Waals surface area contributed by atoms with Gasteiger partial charge in [0.2, 0.25) is 0 Å². The molecule has 1 saturated heterocycles. The van der Waals surface area contributed by atoms with Gasteiger partial charge in [-0.1, -0.05) is 11.6 Å². The second kappa shape index (κ2) is 6.38. The third-order valence-electron chi connectivity index (χ3n) is 3.61. The molecule has 0 radical (unpaired) electrons. The zero-order valence-corrected chi connectivity index (χ0v) is 13.2. The van der Waals surface area contributed by atoms with Crippen molar-refractivity contribution in [2.24, 2.45) is 0 Å². The number of hydrogen-bond donors (Lipinski definition) is 1. The SMILES string of the molecule is N#Cc1c(Cl)nsc1NC1CCN(C(=O)c2ccco2)CC1. The number of furan rings is 1. The van der Waals surface area contributed by atoms with Crippen molar-refractivity contribution in [3.8, 4) is 6.07 Å². The monoisotopic (exact) mass is 336 g/mol. The fourth-order valence-corrected chi connectivity index (χ4v) is 3.45. The summed E-state index contributed by atoms with van der Waals surface area (Å²) in [6, 6.07) is 5.63. The number of nitrogens with one attached hydrogen (secondary N) is 1. The summed E-state index contributed by atoms with van der Waals surface area (Å²) in [6.45, 7) is 1.29. The molecule has 1 aliphatic heterocycles. The van der Waals surface area contributed by atoms with E-state index in [-0.39, 0.29) is 17.1 Å². The first-order chi connectivity index (χ1) is 10.7. The molecule has 0 atom stereocenters. The molecular weight excluding hydrogens is 324 g/mol. The molecular formula is C14H13ClN4O2S. The van der Waals surface area contributed by atoms with E-state index in [9.17, 15) is 4.79 Å². The minimum atomic E-state index is -0.0815. The van der Waals surface area contributed by atoms with E-state index in [1.807, 2.05) is 0 Å². The highest BCUT2D eigenvalue weighted by Crippen LogP contribution is 2.29. The highest BCUT2D eigenvalue weighted by Gasteiger charge is 2.26. The zero-order valence-electron chi connectivity index (χ0n) is 11.6. The third kappa shape index (κ3) is 2.93. The number of carbonyl (C=O) groups is 1. The number of halogens is 1. The Morgan fingerprint density at radius 1 is 1.55 bits per heavy atom. The highest BCUT2D eigenvalue weighted by molar-refractivity contribution is 7.10. The van der Waals surface area contributed by atoms with Crippen LogP contribution in [0.25, 0.3) is 0 Å². The fourth-order valence-electron chi connectivity index (χ4n) is 2.43. The first-order valence-corrected chi connectivity index (χ1v) is 7.98. The Balaban J connectivity index is 1.58. The van der Waals surface area contributed by atoms with Crippen LogP contribution in [0.15, 0.2) is 22.8 Å². The van der Waals surface area contributed by atoms with Gasteiger partial charge in [-0.15, -0.1) is 0 Å². The molecule has 1 amide bonds. The smallest absolute Gasteiger partial charge is 0.289 e. The lowest BCUT2D eigenvalue weighted by Crippen LogP contribution is -2.42. The number of anilines is 1. The van der Waals surface area contributed by atoms with Crippen LogP contribution in [0.5, 0.6) is 0 Å². The first kappa shape index (κ1) is 14.9. The number of nitrogens with zero attached hydrogens (tertiary/aromatic N) is 3. The summed E-state index contributed by atoms with van der Waals surface area (Å²) < 4.78 is 9.11. The Labute approximate surface area is 136 Å². The van der Waals surface area contributed by atoms with Crippen LogP contribution < -0.4 is 5.32 Å². The molecule has 22 heavy (non-hydrogen) atoms. The topological polar surface area (TPSA) is 82.2 Å². The van der Waals surface area contributed by atoms with Gasteiger partial charge >= 0.3 is 0 Å². The van der Waals surface area contributed by atoms with Gasteiger partial charge in [0.1, 0.15) is 16.6 Å². The normalized spacial score (nSPS) is 15.5. The van der Waals surface area contributed by atoms with Crippen molar-refractivity contribution in [1.29, 1.82) is 5.26 Å². The summed E-state index contributed by atoms with van der Waals surface area (Å²) in [5, 5.41) is 13.3. The number of aromatic nitrogens is 1. The van der Waals surface area contributed by atoms with Crippen LogP contribution in [0.2, 0.25) is 5.15 Å². The summed E-state index contributed by atoms with van der Waals surface area (Å²) in [6.07, 6.45) is 3.10. The van der Waals surface area contributed by atoms with Crippen molar-refractivity contribution in [1.82, 2.24) is 9.27 Å². The lowest BCUT2D eigenvalue weighted by atomic mass is 10.0. The summed E-state index contributed by atoms with van der Waals surface area (Å²) in [5.41, 5.74) is 0.390. The molecule has 1 N–H and O–H groups in total. The maximum atomic E-state index is 12.2. The van der Waals surface area contributed by atoms with Crippen LogP contribution in [-0.2, 0) is 0 Å². The Morgan fingerprint density at radius 3 is 2.95 bits per heavy atom. The van der Waals surface area contributed by atoms with Crippen molar-refractivity contribution >= 4 is 34.0 Å². The second-order valence-electron chi connectivity index (χ2n) is 4.98. The molecule has 1 aliphatic rings. The van der Waals surface area contributed by atoms with E-state index >= 15 is 0 Å². The first-order valence-electron chi connectivity index (χ1n) is 6.83. The summed E-state index contributed by atoms with van der Waals surface area (Å²) in [5.74, 6) is 0.286. The maximum Gasteiger partial charge on any atom is 0.289 e. The Bertz CT molecular complexity index is 699. The van der Waals surface area contributed by atoms with Crippen LogP contribution in [0, 0.1) is 11.3 Å². The number of hydrogen-bond acceptors (Lipinski definition) is 6. The Morgan fingerprint density at radius 2 is 2.32 bits per heavy atom. The van der Waals surface area contributed by atoms with E-state index in [0.717, 1.165) is 12.8 Å². The lowest BCUT2D eigenvalue weighted by molar-refractivity contribution is 0.0686. The van der Waals surface area contributed by atoms with Gasteiger partial charge in [-0.2, -0.15) is 9.64 Å². The number of rotatable bonds is 3. The van der Waals surface area contributed by atoms with Gasteiger partial charge in [0.15, 0.2) is 10.9 Å². The van der Waals surface area contributed by atoms with Gasteiger partial charge in [0.25, 0.3) is 5.91 Å². The second-order valence-corrected chi connectivity index (χ2v) is 6.11. The number of amides is 1. The molecule has 0 aliphatic carbocycles. The summed E-state index contributed by atoms with van der Waals surface area (Å²) >= 11 is 7.05. The zero-order chi connectivity index (χ0) is 15.5. The molecule has 0 spiro atoms. The van der Waals surface area contributed by atoms with E-state index in [0.29, 0.717) is 29.4 Å². The van der Waals surface area contributed by atoms with Gasteiger partial charge in [-0.25, -0.2) is 0 Å². The fraction of sp³-hybridized carbons (Fsp3) is 0.357. The van der Waals surface area contributed by atoms with Crippen LogP contribution in [0.3, 0.4) is 0 Å². The van der Waals surface area contributed by atoms with Gasteiger partial charge in [-0.3, -0.25) is 4.79 Å². The molecule has 0 aromatic carbocycles. The number of carbonyl (C=O) groups excluding carboxylic acids is 1. The van der Waals surface area contributed by atoms with Crippen LogP contribution in [0.1, 0.15) is 29.0 Å². The largest absolute Gasteiger partial charge is 0.459 e. The van der Waals surface area contributed by atoms with Crippen molar-refractivity contribution in [2.45, 2.75) is 18.9 Å². The van der Waals surface area contributed by atoms with E-state index in [1.54, 1.807) is 17.0 Å². The molecule has 8 heteroatoms. The third-order valence-corrected chi connectivity index (χ3v) is 4.76. The van der Waals surface area contributed by atoms with Crippen LogP contribution in [-0.4, -0.2) is 34.3 Å². The molecule has 6 nitrogen and oxygen atoms in total. The summed E-state index contributed by atoms with van der Waals surface area (Å²) in [7, 11) is 0. The molecule has 1 fully saturated rings. The standard InChI is InChI=1S/C14H13ClN4O2S/c15-12-10(8-16)13(22-18-12)17-9-3-5-19(6-4-9)14(20)11-2-1-7-21-11/h1-2,7,9,17H,3-6H2. The molecule has 0 saturated carbocycles. The van der Waals surface area contributed by atoms with Crippen LogP contribution >= 0.6 is 23.1 Å². The number of piperidine rings is 1. The van der Waals surface area contributed by atoms with E-state index in [2.05, 4.69) is 15.8 Å². The highest BCUT2D eigenvalue weighted by atomic mass is 35.5. The molecule has 3 heterocycles. The predicted octanol–water partition coefficient (Wildman–Crippen LogP) is 2.98. The molecule has 3 rings (SSSR count). The maximum absolute atomic E-state index is 12.2. The van der Waals surface area contributed by atoms with Crippen molar-refractivity contribution < 1.29 is 9.21 Å². The van der Waals surface area contributed by atoms with E-state index in [4.69, 9.17) is 21.3 Å². The summed E-state index contributed by atoms with van der Waals surface area (Å²) in [4.78, 5) is 14.0. The van der Waals surface area contributed by atoms with Gasteiger partial charge < -0.3 is 14.6 Å². The molecule has 2 aromatic rings. The van der Waals surface area contributed by atoms with E-state index < -0.39 is 0 Å². The number of likely N-dealkylation sites (tertiary alicyclic amines) is 1. The molecule has 0 bridgehead atoms. The molecule has 0 unspecified atom stereocenters. The van der Waals surface area contributed by atoms with Crippen molar-refractivity contribution in [3.05, 3.63) is 34.9 Å². The van der Waals surface area contributed by atoms with Gasteiger partial charge in [0.05, 0.1) is 6.26 Å². The number of nitriles is 1. The minimum absolute atomic E-state index is 0.0815. The predicted molar refractivity (Wildman–Crippen MR) is 83.1 cm³/mol. The Hall–Kier alpha value is -2.04. The molecule has 2 aromatic heterocycles. The average Bonchev–Trinajstić information content (AvgIpc) is 3.18.